The van der Waals surface area contributed by atoms with Gasteiger partial charge in [-0.3, -0.25) is 25.0 Å². The molecule has 3 rings (SSSR count). The van der Waals surface area contributed by atoms with Gasteiger partial charge >= 0.3 is 11.9 Å². The van der Waals surface area contributed by atoms with Crippen LogP contribution < -0.4 is 10.6 Å². The number of ether oxygens (including phenoxy) is 1. The predicted octanol–water partition coefficient (Wildman–Crippen LogP) is 0.876. The van der Waals surface area contributed by atoms with E-state index in [4.69, 9.17) is 0 Å². The van der Waals surface area contributed by atoms with Crippen molar-refractivity contribution in [2.75, 3.05) is 7.11 Å². The van der Waals surface area contributed by atoms with Crippen molar-refractivity contribution in [1.82, 2.24) is 10.6 Å². The number of aliphatic carboxylic acids is 1. The number of amides is 2. The summed E-state index contributed by atoms with van der Waals surface area (Å²) in [5, 5.41) is 15.4. The minimum Gasteiger partial charge on any atom is -0.480 e. The van der Waals surface area contributed by atoms with Crippen LogP contribution in [-0.2, 0) is 19.1 Å². The fraction of sp³-hybridized carbons (Fsp3) is 0.474. The van der Waals surface area contributed by atoms with Crippen LogP contribution in [0.2, 0.25) is 0 Å². The van der Waals surface area contributed by atoms with Gasteiger partial charge in [0.05, 0.1) is 24.5 Å². The number of carbonyl (C=O) groups excluding carboxylic acids is 3. The lowest BCUT2D eigenvalue weighted by Gasteiger charge is -2.35. The van der Waals surface area contributed by atoms with Gasteiger partial charge in [0, 0.05) is 6.04 Å². The Bertz CT molecular complexity index is 805. The van der Waals surface area contributed by atoms with Crippen molar-refractivity contribution < 1.29 is 29.0 Å². The first-order valence-electron chi connectivity index (χ1n) is 8.82. The Morgan fingerprint density at radius 1 is 1.22 bits per heavy atom. The second kappa shape index (κ2) is 6.77. The highest BCUT2D eigenvalue weighted by Gasteiger charge is 2.67. The number of rotatable bonds is 5. The summed E-state index contributed by atoms with van der Waals surface area (Å²) >= 11 is 0. The molecule has 2 fully saturated rings. The number of carboxylic acids is 1. The quantitative estimate of drug-likeness (QED) is 0.516. The first kappa shape index (κ1) is 19.0. The van der Waals surface area contributed by atoms with Gasteiger partial charge in [0.15, 0.2) is 0 Å². The van der Waals surface area contributed by atoms with Crippen LogP contribution in [0.4, 0.5) is 0 Å². The maximum absolute atomic E-state index is 12.5. The van der Waals surface area contributed by atoms with Crippen LogP contribution in [0.25, 0.3) is 0 Å². The SMILES string of the molecule is CCC(C)C1(C(=O)O)NC(c2ccc(C(=O)OC)cc2)C2C(=O)NC(=O)C21. The molecule has 2 aliphatic heterocycles. The molecule has 2 amide bonds. The number of imide groups is 1. The third kappa shape index (κ3) is 2.71. The Hall–Kier alpha value is -2.74. The van der Waals surface area contributed by atoms with Crippen molar-refractivity contribution in [2.45, 2.75) is 31.8 Å². The number of methoxy groups -OCH3 is 1. The largest absolute Gasteiger partial charge is 0.480 e. The molecule has 0 bridgehead atoms. The Kier molecular flexibility index (Phi) is 4.77. The topological polar surface area (TPSA) is 122 Å². The minimum atomic E-state index is -1.54. The summed E-state index contributed by atoms with van der Waals surface area (Å²) in [6.07, 6.45) is 0.526. The summed E-state index contributed by atoms with van der Waals surface area (Å²) in [7, 11) is 1.28. The van der Waals surface area contributed by atoms with Gasteiger partial charge in [-0.15, -0.1) is 0 Å². The van der Waals surface area contributed by atoms with Crippen molar-refractivity contribution in [3.63, 3.8) is 0 Å². The van der Waals surface area contributed by atoms with Crippen LogP contribution in [-0.4, -0.2) is 41.5 Å². The normalized spacial score (nSPS) is 30.6. The maximum Gasteiger partial charge on any atom is 0.337 e. The van der Waals surface area contributed by atoms with Gasteiger partial charge in [0.1, 0.15) is 5.54 Å². The number of esters is 1. The van der Waals surface area contributed by atoms with Crippen molar-refractivity contribution in [1.29, 1.82) is 0 Å². The van der Waals surface area contributed by atoms with Crippen molar-refractivity contribution >= 4 is 23.8 Å². The summed E-state index contributed by atoms with van der Waals surface area (Å²) < 4.78 is 4.67. The van der Waals surface area contributed by atoms with Crippen LogP contribution in [0.5, 0.6) is 0 Å². The Morgan fingerprint density at radius 2 is 1.85 bits per heavy atom. The molecule has 144 valence electrons. The molecule has 0 aliphatic carbocycles. The van der Waals surface area contributed by atoms with E-state index in [2.05, 4.69) is 15.4 Å². The second-order valence-corrected chi connectivity index (χ2v) is 7.08. The molecule has 5 atom stereocenters. The van der Waals surface area contributed by atoms with Gasteiger partial charge in [-0.05, 0) is 23.6 Å². The van der Waals surface area contributed by atoms with Crippen molar-refractivity contribution in [2.24, 2.45) is 17.8 Å². The van der Waals surface area contributed by atoms with E-state index < -0.39 is 47.2 Å². The molecule has 0 aromatic heterocycles. The molecule has 1 aromatic carbocycles. The van der Waals surface area contributed by atoms with Crippen LogP contribution in [0.15, 0.2) is 24.3 Å². The van der Waals surface area contributed by atoms with E-state index in [0.717, 1.165) is 0 Å². The maximum atomic E-state index is 12.5. The van der Waals surface area contributed by atoms with E-state index in [1.54, 1.807) is 31.2 Å². The molecular formula is C19H22N2O6. The number of fused-ring (bicyclic) bond motifs is 1. The zero-order chi connectivity index (χ0) is 19.9. The first-order chi connectivity index (χ1) is 12.8. The van der Waals surface area contributed by atoms with Crippen molar-refractivity contribution in [3.8, 4) is 0 Å². The van der Waals surface area contributed by atoms with Gasteiger partial charge in [-0.1, -0.05) is 32.4 Å². The number of nitrogens with one attached hydrogen (secondary N) is 2. The van der Waals surface area contributed by atoms with Gasteiger partial charge in [0.25, 0.3) is 0 Å². The first-order valence-corrected chi connectivity index (χ1v) is 8.82. The smallest absolute Gasteiger partial charge is 0.337 e. The highest BCUT2D eigenvalue weighted by Crippen LogP contribution is 2.49. The second-order valence-electron chi connectivity index (χ2n) is 7.08. The van der Waals surface area contributed by atoms with Crippen LogP contribution >= 0.6 is 0 Å². The van der Waals surface area contributed by atoms with E-state index in [1.807, 2.05) is 6.92 Å². The van der Waals surface area contributed by atoms with E-state index in [1.165, 1.54) is 7.11 Å². The van der Waals surface area contributed by atoms with E-state index >= 15 is 0 Å². The summed E-state index contributed by atoms with van der Waals surface area (Å²) in [6.45, 7) is 3.61. The lowest BCUT2D eigenvalue weighted by atomic mass is 9.72. The van der Waals surface area contributed by atoms with Gasteiger partial charge in [-0.25, -0.2) is 4.79 Å². The summed E-state index contributed by atoms with van der Waals surface area (Å²) in [6, 6.07) is 5.74. The third-order valence-electron chi connectivity index (χ3n) is 5.87. The molecule has 0 spiro atoms. The minimum absolute atomic E-state index is 0.342. The lowest BCUT2D eigenvalue weighted by Crippen LogP contribution is -2.59. The average molecular weight is 374 g/mol. The molecular weight excluding hydrogens is 352 g/mol. The molecule has 0 saturated carbocycles. The number of hydrogen-bond donors (Lipinski definition) is 3. The highest BCUT2D eigenvalue weighted by atomic mass is 16.5. The summed E-state index contributed by atoms with van der Waals surface area (Å²) in [4.78, 5) is 48.8. The monoisotopic (exact) mass is 374 g/mol. The fourth-order valence-electron chi connectivity index (χ4n) is 4.28. The van der Waals surface area contributed by atoms with E-state index in [0.29, 0.717) is 17.5 Å². The summed E-state index contributed by atoms with van der Waals surface area (Å²) in [5.41, 5.74) is -0.565. The van der Waals surface area contributed by atoms with E-state index in [9.17, 15) is 24.3 Å². The van der Waals surface area contributed by atoms with E-state index in [-0.39, 0.29) is 5.92 Å². The van der Waals surface area contributed by atoms with Crippen LogP contribution in [0.1, 0.15) is 42.2 Å². The molecule has 27 heavy (non-hydrogen) atoms. The zero-order valence-electron chi connectivity index (χ0n) is 15.3. The molecule has 8 nitrogen and oxygen atoms in total. The molecule has 5 unspecified atom stereocenters. The highest BCUT2D eigenvalue weighted by molar-refractivity contribution is 6.09. The summed E-state index contributed by atoms with van der Waals surface area (Å²) in [5.74, 6) is -4.88. The van der Waals surface area contributed by atoms with Crippen LogP contribution in [0.3, 0.4) is 0 Å². The molecule has 2 aliphatic rings. The van der Waals surface area contributed by atoms with Crippen LogP contribution in [0, 0.1) is 17.8 Å². The average Bonchev–Trinajstić information content (AvgIpc) is 3.18. The Balaban J connectivity index is 2.06. The molecule has 1 aromatic rings. The molecule has 0 radical (unpaired) electrons. The Labute approximate surface area is 156 Å². The predicted molar refractivity (Wildman–Crippen MR) is 93.6 cm³/mol. The molecule has 2 heterocycles. The standard InChI is InChI=1S/C19H22N2O6/c1-4-9(2)19(18(25)26)13-12(15(22)20-16(13)23)14(21-19)10-5-7-11(8-6-10)17(24)27-3/h5-9,12-14,21H,4H2,1-3H3,(H,25,26)(H,20,22,23). The Morgan fingerprint density at radius 3 is 2.37 bits per heavy atom. The van der Waals surface area contributed by atoms with Gasteiger partial charge in [0.2, 0.25) is 11.8 Å². The lowest BCUT2D eigenvalue weighted by molar-refractivity contribution is -0.152. The van der Waals surface area contributed by atoms with Gasteiger partial charge < -0.3 is 9.84 Å². The number of hydrogen-bond acceptors (Lipinski definition) is 6. The van der Waals surface area contributed by atoms with Gasteiger partial charge in [-0.2, -0.15) is 0 Å². The molecule has 2 saturated heterocycles. The number of carboxylic acid groups (broad SMARTS) is 1. The fourth-order valence-corrected chi connectivity index (χ4v) is 4.28. The number of benzene rings is 1. The number of carbonyl (C=O) groups is 4. The third-order valence-corrected chi connectivity index (χ3v) is 5.87. The molecule has 8 heteroatoms. The van der Waals surface area contributed by atoms with Crippen molar-refractivity contribution in [3.05, 3.63) is 35.4 Å². The molecule has 3 N–H and O–H groups in total. The zero-order valence-corrected chi connectivity index (χ0v) is 15.3.